The summed E-state index contributed by atoms with van der Waals surface area (Å²) in [5.41, 5.74) is 1.82. The number of rotatable bonds is 3. The van der Waals surface area contributed by atoms with E-state index in [4.69, 9.17) is 0 Å². The zero-order valence-electron chi connectivity index (χ0n) is 13.4. The Bertz CT molecular complexity index is 687. The van der Waals surface area contributed by atoms with Crippen molar-refractivity contribution in [1.29, 1.82) is 0 Å². The number of carbonyl (C=O) groups is 1. The van der Waals surface area contributed by atoms with Crippen molar-refractivity contribution in [2.24, 2.45) is 0 Å². The van der Waals surface area contributed by atoms with Crippen LogP contribution < -0.4 is 0 Å². The van der Waals surface area contributed by atoms with Crippen LogP contribution in [0.2, 0.25) is 0 Å². The molecule has 1 aliphatic rings. The van der Waals surface area contributed by atoms with Crippen LogP contribution in [0, 0.1) is 0 Å². The van der Waals surface area contributed by atoms with Crippen molar-refractivity contribution in [3.8, 4) is 11.1 Å². The molecule has 2 heterocycles. The second kappa shape index (κ2) is 6.50. The molecule has 0 saturated carbocycles. The number of piperidine rings is 1. The van der Waals surface area contributed by atoms with Gasteiger partial charge in [-0.15, -0.1) is 0 Å². The monoisotopic (exact) mass is 310 g/mol. The van der Waals surface area contributed by atoms with Crippen molar-refractivity contribution in [3.63, 3.8) is 0 Å². The molecular weight excluding hydrogens is 288 g/mol. The zero-order valence-corrected chi connectivity index (χ0v) is 13.4. The lowest BCUT2D eigenvalue weighted by molar-refractivity contribution is -0.0269. The molecule has 4 nitrogen and oxygen atoms in total. The van der Waals surface area contributed by atoms with Crippen molar-refractivity contribution >= 4 is 5.91 Å². The minimum absolute atomic E-state index is 0.0102. The highest BCUT2D eigenvalue weighted by atomic mass is 16.3. The third-order valence-electron chi connectivity index (χ3n) is 4.65. The quantitative estimate of drug-likeness (QED) is 0.947. The highest BCUT2D eigenvalue weighted by molar-refractivity contribution is 6.01. The number of aliphatic hydroxyl groups is 1. The summed E-state index contributed by atoms with van der Waals surface area (Å²) in [7, 11) is 0. The molecule has 23 heavy (non-hydrogen) atoms. The molecule has 1 aromatic carbocycles. The van der Waals surface area contributed by atoms with Gasteiger partial charge < -0.3 is 10.0 Å². The number of pyridine rings is 1. The van der Waals surface area contributed by atoms with Crippen LogP contribution in [0.15, 0.2) is 48.8 Å². The maximum absolute atomic E-state index is 13.0. The molecule has 0 aliphatic carbocycles. The van der Waals surface area contributed by atoms with Gasteiger partial charge in [-0.25, -0.2) is 0 Å². The lowest BCUT2D eigenvalue weighted by Gasteiger charge is -2.39. The van der Waals surface area contributed by atoms with Gasteiger partial charge in [0.15, 0.2) is 0 Å². The molecule has 120 valence electrons. The van der Waals surface area contributed by atoms with Crippen LogP contribution in [0.3, 0.4) is 0 Å². The van der Waals surface area contributed by atoms with Crippen LogP contribution in [0.4, 0.5) is 0 Å². The molecule has 3 rings (SSSR count). The van der Waals surface area contributed by atoms with E-state index in [1.165, 1.54) is 0 Å². The Labute approximate surface area is 136 Å². The Morgan fingerprint density at radius 3 is 2.74 bits per heavy atom. The van der Waals surface area contributed by atoms with Crippen molar-refractivity contribution in [2.75, 3.05) is 13.1 Å². The summed E-state index contributed by atoms with van der Waals surface area (Å²) < 4.78 is 0. The van der Waals surface area contributed by atoms with Crippen LogP contribution in [0.5, 0.6) is 0 Å². The Morgan fingerprint density at radius 1 is 1.26 bits per heavy atom. The van der Waals surface area contributed by atoms with Gasteiger partial charge in [0.05, 0.1) is 5.60 Å². The first-order valence-electron chi connectivity index (χ1n) is 8.14. The van der Waals surface area contributed by atoms with Gasteiger partial charge in [0.1, 0.15) is 0 Å². The van der Waals surface area contributed by atoms with E-state index in [1.807, 2.05) is 43.3 Å². The smallest absolute Gasteiger partial charge is 0.254 e. The molecule has 1 fully saturated rings. The topological polar surface area (TPSA) is 53.4 Å². The molecule has 0 bridgehead atoms. The Kier molecular flexibility index (Phi) is 4.44. The van der Waals surface area contributed by atoms with Crippen LogP contribution >= 0.6 is 0 Å². The number of hydrogen-bond donors (Lipinski definition) is 1. The summed E-state index contributed by atoms with van der Waals surface area (Å²) in [6.45, 7) is 3.08. The first-order chi connectivity index (χ1) is 11.1. The lowest BCUT2D eigenvalue weighted by Crippen LogP contribution is -2.50. The number of benzene rings is 1. The number of aromatic nitrogens is 1. The van der Waals surface area contributed by atoms with Gasteiger partial charge in [0.2, 0.25) is 0 Å². The zero-order chi connectivity index (χ0) is 16.3. The molecule has 1 saturated heterocycles. The number of β-amino-alcohol motifs (C(OH)–C–C–N with tert-alkyl or cyclic N) is 1. The van der Waals surface area contributed by atoms with Crippen LogP contribution in [0.25, 0.3) is 11.1 Å². The summed E-state index contributed by atoms with van der Waals surface area (Å²) in [6.07, 6.45) is 5.73. The average molecular weight is 310 g/mol. The number of carbonyl (C=O) groups excluding carboxylic acids is 1. The maximum Gasteiger partial charge on any atom is 0.254 e. The summed E-state index contributed by atoms with van der Waals surface area (Å²) in [5.74, 6) is -0.0102. The molecule has 1 atom stereocenters. The standard InChI is InChI=1S/C19H22N2O2/c1-2-19(23)10-5-13-21(14-19)18(22)17-7-4-3-6-16(17)15-8-11-20-12-9-15/h3-4,6-9,11-12,23H,2,5,10,13-14H2,1H3. The van der Waals surface area contributed by atoms with E-state index >= 15 is 0 Å². The maximum atomic E-state index is 13.0. The predicted molar refractivity (Wildman–Crippen MR) is 90.1 cm³/mol. The van der Waals surface area contributed by atoms with E-state index in [0.29, 0.717) is 25.1 Å². The van der Waals surface area contributed by atoms with E-state index in [9.17, 15) is 9.90 Å². The fraction of sp³-hybridized carbons (Fsp3) is 0.368. The van der Waals surface area contributed by atoms with Crippen molar-refractivity contribution in [3.05, 3.63) is 54.4 Å². The minimum Gasteiger partial charge on any atom is -0.388 e. The second-order valence-corrected chi connectivity index (χ2v) is 6.19. The van der Waals surface area contributed by atoms with E-state index in [1.54, 1.807) is 17.3 Å². The van der Waals surface area contributed by atoms with E-state index in [0.717, 1.165) is 24.0 Å². The molecular formula is C19H22N2O2. The van der Waals surface area contributed by atoms with Crippen LogP contribution in [-0.2, 0) is 0 Å². The van der Waals surface area contributed by atoms with Gasteiger partial charge in [-0.1, -0.05) is 25.1 Å². The van der Waals surface area contributed by atoms with Crippen LogP contribution in [-0.4, -0.2) is 39.6 Å². The van der Waals surface area contributed by atoms with Crippen molar-refractivity contribution < 1.29 is 9.90 Å². The lowest BCUT2D eigenvalue weighted by atomic mass is 9.89. The first kappa shape index (κ1) is 15.7. The highest BCUT2D eigenvalue weighted by Crippen LogP contribution is 2.28. The van der Waals surface area contributed by atoms with Crippen LogP contribution in [0.1, 0.15) is 36.5 Å². The molecule has 1 amide bonds. The highest BCUT2D eigenvalue weighted by Gasteiger charge is 2.34. The fourth-order valence-corrected chi connectivity index (χ4v) is 3.20. The van der Waals surface area contributed by atoms with Gasteiger partial charge in [0, 0.05) is 31.0 Å². The third kappa shape index (κ3) is 3.27. The van der Waals surface area contributed by atoms with Crippen molar-refractivity contribution in [2.45, 2.75) is 31.8 Å². The largest absolute Gasteiger partial charge is 0.388 e. The van der Waals surface area contributed by atoms with E-state index in [2.05, 4.69) is 4.98 Å². The number of likely N-dealkylation sites (tertiary alicyclic amines) is 1. The Balaban J connectivity index is 1.92. The number of nitrogens with zero attached hydrogens (tertiary/aromatic N) is 2. The Morgan fingerprint density at radius 2 is 2.00 bits per heavy atom. The van der Waals surface area contributed by atoms with Gasteiger partial charge in [0.25, 0.3) is 5.91 Å². The molecule has 0 spiro atoms. The third-order valence-corrected chi connectivity index (χ3v) is 4.65. The summed E-state index contributed by atoms with van der Waals surface area (Å²) >= 11 is 0. The van der Waals surface area contributed by atoms with E-state index in [-0.39, 0.29) is 5.91 Å². The van der Waals surface area contributed by atoms with Gasteiger partial charge >= 0.3 is 0 Å². The minimum atomic E-state index is -0.750. The SMILES string of the molecule is CCC1(O)CCCN(C(=O)c2ccccc2-c2ccncc2)C1. The molecule has 4 heteroatoms. The molecule has 1 N–H and O–H groups in total. The summed E-state index contributed by atoms with van der Waals surface area (Å²) in [6, 6.07) is 11.4. The van der Waals surface area contributed by atoms with Crippen molar-refractivity contribution in [1.82, 2.24) is 9.88 Å². The van der Waals surface area contributed by atoms with Gasteiger partial charge in [-0.05, 0) is 48.6 Å². The molecule has 1 aliphatic heterocycles. The summed E-state index contributed by atoms with van der Waals surface area (Å²) in [5, 5.41) is 10.5. The Hall–Kier alpha value is -2.20. The number of amides is 1. The fourth-order valence-electron chi connectivity index (χ4n) is 3.20. The summed E-state index contributed by atoms with van der Waals surface area (Å²) in [4.78, 5) is 18.8. The normalized spacial score (nSPS) is 21.2. The first-order valence-corrected chi connectivity index (χ1v) is 8.14. The van der Waals surface area contributed by atoms with Gasteiger partial charge in [-0.2, -0.15) is 0 Å². The number of hydrogen-bond acceptors (Lipinski definition) is 3. The molecule has 0 radical (unpaired) electrons. The molecule has 1 unspecified atom stereocenters. The molecule has 1 aromatic heterocycles. The van der Waals surface area contributed by atoms with Gasteiger partial charge in [-0.3, -0.25) is 9.78 Å². The second-order valence-electron chi connectivity index (χ2n) is 6.19. The molecule has 2 aromatic rings. The van der Waals surface area contributed by atoms with E-state index < -0.39 is 5.60 Å². The predicted octanol–water partition coefficient (Wildman–Crippen LogP) is 3.13. The average Bonchev–Trinajstić information content (AvgIpc) is 2.62.